The van der Waals surface area contributed by atoms with Crippen molar-refractivity contribution in [2.24, 2.45) is 14.1 Å². The third kappa shape index (κ3) is 2.07. The summed E-state index contributed by atoms with van der Waals surface area (Å²) in [6.07, 6.45) is 0. The lowest BCUT2D eigenvalue weighted by Crippen LogP contribution is -2.37. The van der Waals surface area contributed by atoms with E-state index in [1.54, 1.807) is 7.05 Å². The number of hydrogen-bond acceptors (Lipinski definition) is 5. The van der Waals surface area contributed by atoms with Crippen LogP contribution in [0.1, 0.15) is 5.69 Å². The van der Waals surface area contributed by atoms with E-state index in [1.807, 2.05) is 40.1 Å². The molecule has 0 unspecified atom stereocenters. The van der Waals surface area contributed by atoms with Gasteiger partial charge in [0, 0.05) is 25.2 Å². The Kier molecular flexibility index (Phi) is 3.27. The van der Waals surface area contributed by atoms with Crippen molar-refractivity contribution >= 4 is 33.1 Å². The summed E-state index contributed by atoms with van der Waals surface area (Å²) in [6, 6.07) is 9.85. The Balaban J connectivity index is 1.89. The Bertz CT molecular complexity index is 1170. The maximum absolute atomic E-state index is 12.6. The summed E-state index contributed by atoms with van der Waals surface area (Å²) >= 11 is 1.45. The third-order valence-electron chi connectivity index (χ3n) is 4.06. The number of imidazole rings is 1. The highest BCUT2D eigenvalue weighted by Crippen LogP contribution is 2.21. The minimum Gasteiger partial charge on any atom is -0.379 e. The Hall–Kier alpha value is -2.87. The smallest absolute Gasteiger partial charge is 0.332 e. The van der Waals surface area contributed by atoms with Gasteiger partial charge in [0.15, 0.2) is 16.1 Å². The summed E-state index contributed by atoms with van der Waals surface area (Å²) in [5, 5.41) is 5.31. The van der Waals surface area contributed by atoms with Gasteiger partial charge in [0.25, 0.3) is 5.56 Å². The standard InChI is InChI=1S/C16H15N5O2S/c1-19-13-12(14(22)20(2)16(19)23)21-11(9-24-15(21)18-13)8-17-10-6-4-3-5-7-10/h3-7,9,17H,8H2,1-2H3. The highest BCUT2D eigenvalue weighted by atomic mass is 32.1. The predicted molar refractivity (Wildman–Crippen MR) is 94.8 cm³/mol. The van der Waals surface area contributed by atoms with E-state index in [9.17, 15) is 9.59 Å². The molecular weight excluding hydrogens is 326 g/mol. The second kappa shape index (κ2) is 5.34. The Labute approximate surface area is 140 Å². The van der Waals surface area contributed by atoms with Crippen LogP contribution in [0.2, 0.25) is 0 Å². The van der Waals surface area contributed by atoms with Gasteiger partial charge in [0.05, 0.1) is 12.2 Å². The van der Waals surface area contributed by atoms with Crippen molar-refractivity contribution in [3.63, 3.8) is 0 Å². The van der Waals surface area contributed by atoms with Crippen LogP contribution < -0.4 is 16.6 Å². The first-order valence-electron chi connectivity index (χ1n) is 7.41. The van der Waals surface area contributed by atoms with Crippen LogP contribution >= 0.6 is 11.3 Å². The number of nitrogens with one attached hydrogen (secondary N) is 1. The molecule has 0 radical (unpaired) electrons. The zero-order valence-electron chi connectivity index (χ0n) is 13.2. The van der Waals surface area contributed by atoms with Crippen molar-refractivity contribution in [3.8, 4) is 0 Å². The average molecular weight is 341 g/mol. The van der Waals surface area contributed by atoms with Crippen molar-refractivity contribution in [2.45, 2.75) is 6.54 Å². The zero-order valence-corrected chi connectivity index (χ0v) is 14.0. The van der Waals surface area contributed by atoms with Crippen molar-refractivity contribution < 1.29 is 0 Å². The minimum atomic E-state index is -0.373. The molecule has 0 fully saturated rings. The lowest BCUT2D eigenvalue weighted by molar-refractivity contribution is 0.707. The second-order valence-electron chi connectivity index (χ2n) is 5.55. The molecule has 7 nitrogen and oxygen atoms in total. The molecule has 4 aromatic rings. The average Bonchev–Trinajstić information content (AvgIpc) is 3.16. The zero-order chi connectivity index (χ0) is 16.8. The molecule has 24 heavy (non-hydrogen) atoms. The van der Waals surface area contributed by atoms with E-state index in [2.05, 4.69) is 10.3 Å². The van der Waals surface area contributed by atoms with Crippen LogP contribution in [-0.2, 0) is 20.6 Å². The van der Waals surface area contributed by atoms with E-state index in [4.69, 9.17) is 0 Å². The maximum atomic E-state index is 12.6. The number of nitrogens with zero attached hydrogens (tertiary/aromatic N) is 4. The van der Waals surface area contributed by atoms with Gasteiger partial charge in [-0.3, -0.25) is 18.3 Å². The molecule has 0 bridgehead atoms. The van der Waals surface area contributed by atoms with Crippen molar-refractivity contribution in [1.29, 1.82) is 0 Å². The van der Waals surface area contributed by atoms with Crippen molar-refractivity contribution in [2.75, 3.05) is 5.32 Å². The fourth-order valence-corrected chi connectivity index (χ4v) is 3.65. The molecule has 1 aromatic carbocycles. The normalized spacial score (nSPS) is 11.4. The fourth-order valence-electron chi connectivity index (χ4n) is 2.76. The van der Waals surface area contributed by atoms with Gasteiger partial charge < -0.3 is 5.32 Å². The van der Waals surface area contributed by atoms with Crippen LogP contribution in [0.5, 0.6) is 0 Å². The molecule has 0 amide bonds. The molecule has 0 aliphatic heterocycles. The van der Waals surface area contributed by atoms with E-state index < -0.39 is 0 Å². The quantitative estimate of drug-likeness (QED) is 0.614. The summed E-state index contributed by atoms with van der Waals surface area (Å²) in [5.41, 5.74) is 2.07. The van der Waals surface area contributed by atoms with E-state index in [-0.39, 0.29) is 11.2 Å². The summed E-state index contributed by atoms with van der Waals surface area (Å²) in [4.78, 5) is 29.8. The van der Waals surface area contributed by atoms with Gasteiger partial charge in [-0.15, -0.1) is 11.3 Å². The van der Waals surface area contributed by atoms with Crippen LogP contribution in [-0.4, -0.2) is 18.5 Å². The number of hydrogen-bond donors (Lipinski definition) is 1. The number of fused-ring (bicyclic) bond motifs is 3. The van der Waals surface area contributed by atoms with Gasteiger partial charge >= 0.3 is 5.69 Å². The molecule has 3 heterocycles. The lowest BCUT2D eigenvalue weighted by Gasteiger charge is -2.06. The highest BCUT2D eigenvalue weighted by molar-refractivity contribution is 7.15. The first-order valence-corrected chi connectivity index (χ1v) is 8.29. The van der Waals surface area contributed by atoms with Gasteiger partial charge in [-0.05, 0) is 12.1 Å². The van der Waals surface area contributed by atoms with E-state index in [0.717, 1.165) is 15.9 Å². The summed E-state index contributed by atoms with van der Waals surface area (Å²) < 4.78 is 4.35. The molecule has 4 rings (SSSR count). The first-order chi connectivity index (χ1) is 11.6. The molecule has 3 aromatic heterocycles. The Morgan fingerprint density at radius 1 is 1.12 bits per heavy atom. The van der Waals surface area contributed by atoms with Crippen molar-refractivity contribution in [3.05, 3.63) is 62.2 Å². The van der Waals surface area contributed by atoms with Gasteiger partial charge in [0.2, 0.25) is 0 Å². The molecule has 0 saturated heterocycles. The van der Waals surface area contributed by atoms with E-state index in [0.29, 0.717) is 22.7 Å². The Morgan fingerprint density at radius 3 is 2.62 bits per heavy atom. The van der Waals surface area contributed by atoms with E-state index in [1.165, 1.54) is 23.0 Å². The maximum Gasteiger partial charge on any atom is 0.332 e. The van der Waals surface area contributed by atoms with Crippen LogP contribution in [0.4, 0.5) is 5.69 Å². The monoisotopic (exact) mass is 341 g/mol. The largest absolute Gasteiger partial charge is 0.379 e. The number of aromatic nitrogens is 4. The molecule has 0 spiro atoms. The first kappa shape index (κ1) is 14.7. The van der Waals surface area contributed by atoms with Crippen LogP contribution in [0.15, 0.2) is 45.3 Å². The predicted octanol–water partition coefficient (Wildman–Crippen LogP) is 1.56. The van der Waals surface area contributed by atoms with Gasteiger partial charge in [-0.25, -0.2) is 9.78 Å². The number of para-hydroxylation sites is 1. The minimum absolute atomic E-state index is 0.333. The van der Waals surface area contributed by atoms with Crippen LogP contribution in [0.3, 0.4) is 0 Å². The van der Waals surface area contributed by atoms with E-state index >= 15 is 0 Å². The molecule has 8 heteroatoms. The molecule has 0 aliphatic carbocycles. The fraction of sp³-hybridized carbons (Fsp3) is 0.188. The number of benzene rings is 1. The Morgan fingerprint density at radius 2 is 1.88 bits per heavy atom. The summed E-state index contributed by atoms with van der Waals surface area (Å²) in [7, 11) is 3.11. The van der Waals surface area contributed by atoms with Crippen molar-refractivity contribution in [1.82, 2.24) is 18.5 Å². The third-order valence-corrected chi connectivity index (χ3v) is 4.94. The van der Waals surface area contributed by atoms with Gasteiger partial charge in [0.1, 0.15) is 0 Å². The van der Waals surface area contributed by atoms with Crippen LogP contribution in [0.25, 0.3) is 16.1 Å². The number of anilines is 1. The number of rotatable bonds is 3. The molecular formula is C16H15N5O2S. The molecule has 0 saturated carbocycles. The number of thiazole rings is 1. The van der Waals surface area contributed by atoms with Gasteiger partial charge in [-0.1, -0.05) is 18.2 Å². The number of aryl methyl sites for hydroxylation is 1. The van der Waals surface area contributed by atoms with Gasteiger partial charge in [-0.2, -0.15) is 0 Å². The molecule has 0 atom stereocenters. The molecule has 0 aliphatic rings. The summed E-state index contributed by atoms with van der Waals surface area (Å²) in [6.45, 7) is 0.557. The highest BCUT2D eigenvalue weighted by Gasteiger charge is 2.18. The summed E-state index contributed by atoms with van der Waals surface area (Å²) in [5.74, 6) is 0. The SMILES string of the molecule is Cn1c(=O)c2c(nc3scc(CNc4ccccc4)n32)n(C)c1=O. The topological polar surface area (TPSA) is 73.3 Å². The second-order valence-corrected chi connectivity index (χ2v) is 6.39. The lowest BCUT2D eigenvalue weighted by atomic mass is 10.3. The molecule has 1 N–H and O–H groups in total. The molecule has 122 valence electrons. The van der Waals surface area contributed by atoms with Crippen LogP contribution in [0, 0.1) is 0 Å².